The number of ether oxygens (including phenoxy) is 2. The van der Waals surface area contributed by atoms with Gasteiger partial charge in [-0.3, -0.25) is 18.6 Å². The van der Waals surface area contributed by atoms with Gasteiger partial charge in [-0.05, 0) is 57.8 Å². The van der Waals surface area contributed by atoms with Gasteiger partial charge in [0.15, 0.2) is 6.10 Å². The average Bonchev–Trinajstić information content (AvgIpc) is 3.14. The molecule has 0 radical (unpaired) electrons. The van der Waals surface area contributed by atoms with Crippen molar-refractivity contribution in [1.29, 1.82) is 0 Å². The highest BCUT2D eigenvalue weighted by molar-refractivity contribution is 7.47. The fourth-order valence-electron chi connectivity index (χ4n) is 5.73. The molecule has 0 aromatic rings. The molecule has 0 amide bonds. The fourth-order valence-corrected chi connectivity index (χ4v) is 6.52. The van der Waals surface area contributed by atoms with Gasteiger partial charge in [0.2, 0.25) is 0 Å². The Labute approximate surface area is 323 Å². The van der Waals surface area contributed by atoms with Crippen LogP contribution < -0.4 is 0 Å². The molecule has 0 aliphatic heterocycles. The molecular weight excluding hydrogens is 695 g/mol. The fraction of sp³-hybridized carbons (Fsp3) is 0.857. The largest absolute Gasteiger partial charge is 0.472 e. The molecule has 0 bridgehead atoms. The van der Waals surface area contributed by atoms with Crippen molar-refractivity contribution in [2.75, 3.05) is 26.4 Å². The van der Waals surface area contributed by atoms with Gasteiger partial charge < -0.3 is 24.6 Å². The van der Waals surface area contributed by atoms with Gasteiger partial charge in [0, 0.05) is 12.8 Å². The van der Waals surface area contributed by atoms with Crippen LogP contribution in [0.25, 0.3) is 0 Å². The summed E-state index contributed by atoms with van der Waals surface area (Å²) in [5.74, 6) is -0.938. The van der Waals surface area contributed by atoms with Gasteiger partial charge in [-0.15, -0.1) is 0 Å². The van der Waals surface area contributed by atoms with Crippen LogP contribution in [0.2, 0.25) is 0 Å². The predicted molar refractivity (Wildman–Crippen MR) is 215 cm³/mol. The third kappa shape index (κ3) is 38.5. The summed E-state index contributed by atoms with van der Waals surface area (Å²) in [6.07, 6.45) is 37.2. The van der Waals surface area contributed by atoms with Crippen molar-refractivity contribution in [2.45, 2.75) is 206 Å². The van der Waals surface area contributed by atoms with E-state index in [-0.39, 0.29) is 19.4 Å². The molecular formula is C42H79O10P. The van der Waals surface area contributed by atoms with E-state index in [0.717, 1.165) is 64.2 Å². The number of hydrogen-bond donors (Lipinski definition) is 3. The van der Waals surface area contributed by atoms with Crippen molar-refractivity contribution < 1.29 is 47.8 Å². The molecule has 0 fully saturated rings. The number of carbonyl (C=O) groups excluding carboxylic acids is 2. The minimum Gasteiger partial charge on any atom is -0.462 e. The summed E-state index contributed by atoms with van der Waals surface area (Å²) in [5, 5.41) is 18.3. The lowest BCUT2D eigenvalue weighted by Crippen LogP contribution is -2.29. The molecule has 0 saturated heterocycles. The van der Waals surface area contributed by atoms with Gasteiger partial charge in [0.05, 0.1) is 19.8 Å². The van der Waals surface area contributed by atoms with E-state index in [2.05, 4.69) is 42.7 Å². The van der Waals surface area contributed by atoms with E-state index in [1.54, 1.807) is 0 Å². The number of carbonyl (C=O) groups is 2. The first-order valence-corrected chi connectivity index (χ1v) is 22.8. The number of rotatable bonds is 40. The molecule has 0 aliphatic rings. The second-order valence-electron chi connectivity index (χ2n) is 14.4. The highest BCUT2D eigenvalue weighted by Crippen LogP contribution is 2.43. The Bertz CT molecular complexity index is 941. The maximum absolute atomic E-state index is 12.5. The Morgan fingerprint density at radius 1 is 0.547 bits per heavy atom. The molecule has 0 rings (SSSR count). The van der Waals surface area contributed by atoms with Crippen molar-refractivity contribution in [2.24, 2.45) is 0 Å². The number of phosphoric acid groups is 1. The lowest BCUT2D eigenvalue weighted by Gasteiger charge is -2.20. The monoisotopic (exact) mass is 775 g/mol. The SMILES string of the molecule is CCCC/C=C\CCCCCCCC(=O)O[C@H](COC(=O)CCCCCCCCC/C=C\CCCCCCCCCC)COP(=O)(O)OC[C@@H](O)CO. The van der Waals surface area contributed by atoms with Crippen LogP contribution in [0.3, 0.4) is 0 Å². The summed E-state index contributed by atoms with van der Waals surface area (Å²) in [6, 6.07) is 0. The Hall–Kier alpha value is -1.55. The zero-order valence-corrected chi connectivity index (χ0v) is 34.6. The van der Waals surface area contributed by atoms with Crippen LogP contribution in [0.5, 0.6) is 0 Å². The minimum absolute atomic E-state index is 0.174. The van der Waals surface area contributed by atoms with Gasteiger partial charge in [0.1, 0.15) is 12.7 Å². The van der Waals surface area contributed by atoms with Crippen molar-refractivity contribution in [3.8, 4) is 0 Å². The summed E-state index contributed by atoms with van der Waals surface area (Å²) >= 11 is 0. The van der Waals surface area contributed by atoms with Crippen molar-refractivity contribution >= 4 is 19.8 Å². The smallest absolute Gasteiger partial charge is 0.462 e. The summed E-state index contributed by atoms with van der Waals surface area (Å²) in [5.41, 5.74) is 0. The third-order valence-electron chi connectivity index (χ3n) is 9.08. The second-order valence-corrected chi connectivity index (χ2v) is 15.8. The average molecular weight is 775 g/mol. The second kappa shape index (κ2) is 38.7. The first-order chi connectivity index (χ1) is 25.7. The minimum atomic E-state index is -4.61. The van der Waals surface area contributed by atoms with E-state index in [1.807, 2.05) is 0 Å². The van der Waals surface area contributed by atoms with Gasteiger partial charge in [0.25, 0.3) is 0 Å². The van der Waals surface area contributed by atoms with Crippen LogP contribution in [-0.2, 0) is 32.7 Å². The topological polar surface area (TPSA) is 149 Å². The molecule has 0 aromatic heterocycles. The highest BCUT2D eigenvalue weighted by Gasteiger charge is 2.27. The van der Waals surface area contributed by atoms with Crippen LogP contribution >= 0.6 is 7.82 Å². The van der Waals surface area contributed by atoms with Gasteiger partial charge >= 0.3 is 19.8 Å². The first-order valence-electron chi connectivity index (χ1n) is 21.3. The van der Waals surface area contributed by atoms with E-state index in [1.165, 1.54) is 89.9 Å². The maximum Gasteiger partial charge on any atom is 0.472 e. The normalized spacial score (nSPS) is 14.1. The molecule has 1 unspecified atom stereocenters. The number of phosphoric ester groups is 1. The maximum atomic E-state index is 12.5. The Balaban J connectivity index is 4.24. The molecule has 3 N–H and O–H groups in total. The predicted octanol–water partition coefficient (Wildman–Crippen LogP) is 11.0. The van der Waals surface area contributed by atoms with Gasteiger partial charge in [-0.25, -0.2) is 4.57 Å². The quantitative estimate of drug-likeness (QED) is 0.0238. The summed E-state index contributed by atoms with van der Waals surface area (Å²) in [6.45, 7) is 2.33. The number of unbranched alkanes of at least 4 members (excludes halogenated alkanes) is 22. The van der Waals surface area contributed by atoms with Crippen molar-refractivity contribution in [1.82, 2.24) is 0 Å². The Morgan fingerprint density at radius 2 is 0.943 bits per heavy atom. The van der Waals surface area contributed by atoms with Crippen molar-refractivity contribution in [3.05, 3.63) is 24.3 Å². The van der Waals surface area contributed by atoms with E-state index in [4.69, 9.17) is 19.1 Å². The molecule has 10 nitrogen and oxygen atoms in total. The molecule has 0 aliphatic carbocycles. The van der Waals surface area contributed by atoms with Crippen LogP contribution in [0.15, 0.2) is 24.3 Å². The zero-order chi connectivity index (χ0) is 39.1. The lowest BCUT2D eigenvalue weighted by molar-refractivity contribution is -0.161. The number of aliphatic hydroxyl groups excluding tert-OH is 2. The summed E-state index contributed by atoms with van der Waals surface area (Å²) in [7, 11) is -4.61. The third-order valence-corrected chi connectivity index (χ3v) is 10.0. The zero-order valence-electron chi connectivity index (χ0n) is 33.7. The van der Waals surface area contributed by atoms with E-state index in [9.17, 15) is 24.2 Å². The molecule has 0 aromatic carbocycles. The van der Waals surface area contributed by atoms with Gasteiger partial charge in [-0.2, -0.15) is 0 Å². The standard InChI is InChI=1S/C42H79O10P/c1-3-5-7-9-11-13-15-16-17-18-19-20-21-22-24-25-27-29-31-33-41(45)49-37-40(38-51-53(47,48)50-36-39(44)35-43)52-42(46)34-32-30-28-26-23-14-12-10-8-6-4-2/h10,12,18-19,39-40,43-44H,3-9,11,13-17,20-38H2,1-2H3,(H,47,48)/b12-10-,19-18-/t39-,40+/m0/s1. The van der Waals surface area contributed by atoms with Gasteiger partial charge in [-0.1, -0.05) is 147 Å². The van der Waals surface area contributed by atoms with E-state index < -0.39 is 51.8 Å². The molecule has 3 atom stereocenters. The molecule has 53 heavy (non-hydrogen) atoms. The number of hydrogen-bond acceptors (Lipinski definition) is 9. The van der Waals surface area contributed by atoms with Crippen LogP contribution in [0.1, 0.15) is 194 Å². The Morgan fingerprint density at radius 3 is 1.42 bits per heavy atom. The van der Waals surface area contributed by atoms with Crippen LogP contribution in [-0.4, -0.2) is 65.7 Å². The van der Waals surface area contributed by atoms with Crippen LogP contribution in [0, 0.1) is 0 Å². The number of allylic oxidation sites excluding steroid dienone is 4. The number of esters is 2. The summed E-state index contributed by atoms with van der Waals surface area (Å²) < 4.78 is 32.6. The highest BCUT2D eigenvalue weighted by atomic mass is 31.2. The van der Waals surface area contributed by atoms with E-state index >= 15 is 0 Å². The number of aliphatic hydroxyl groups is 2. The Kier molecular flexibility index (Phi) is 37.6. The summed E-state index contributed by atoms with van der Waals surface area (Å²) in [4.78, 5) is 34.9. The molecule has 0 spiro atoms. The lowest BCUT2D eigenvalue weighted by atomic mass is 10.1. The first kappa shape index (κ1) is 51.5. The van der Waals surface area contributed by atoms with E-state index in [0.29, 0.717) is 12.8 Å². The molecule has 0 heterocycles. The van der Waals surface area contributed by atoms with Crippen molar-refractivity contribution in [3.63, 3.8) is 0 Å². The molecule has 312 valence electrons. The molecule has 11 heteroatoms. The molecule has 0 saturated carbocycles. The van der Waals surface area contributed by atoms with Crippen LogP contribution in [0.4, 0.5) is 0 Å².